The van der Waals surface area contributed by atoms with Gasteiger partial charge in [0.25, 0.3) is 0 Å². The Morgan fingerprint density at radius 2 is 2.06 bits per heavy atom. The maximum absolute atomic E-state index is 3.47. The zero-order chi connectivity index (χ0) is 12.1. The summed E-state index contributed by atoms with van der Waals surface area (Å²) in [5.74, 6) is 0.959. The molecule has 2 nitrogen and oxygen atoms in total. The molecular formula is C15H30N2. The van der Waals surface area contributed by atoms with Gasteiger partial charge in [-0.1, -0.05) is 20.3 Å². The van der Waals surface area contributed by atoms with Gasteiger partial charge in [0, 0.05) is 13.1 Å². The van der Waals surface area contributed by atoms with Crippen LogP contribution in [0.25, 0.3) is 0 Å². The van der Waals surface area contributed by atoms with E-state index in [2.05, 4.69) is 24.1 Å². The number of rotatable bonds is 4. The Labute approximate surface area is 107 Å². The molecule has 0 bridgehead atoms. The molecule has 2 heterocycles. The van der Waals surface area contributed by atoms with Crippen LogP contribution in [0.4, 0.5) is 0 Å². The van der Waals surface area contributed by atoms with Crippen LogP contribution in [-0.2, 0) is 0 Å². The molecular weight excluding hydrogens is 208 g/mol. The third-order valence-electron chi connectivity index (χ3n) is 4.69. The molecule has 2 rings (SSSR count). The van der Waals surface area contributed by atoms with E-state index in [9.17, 15) is 0 Å². The predicted molar refractivity (Wildman–Crippen MR) is 74.3 cm³/mol. The highest BCUT2D eigenvalue weighted by Gasteiger charge is 2.31. The Kier molecular flexibility index (Phi) is 4.87. The lowest BCUT2D eigenvalue weighted by atomic mass is 9.78. The van der Waals surface area contributed by atoms with E-state index in [0.29, 0.717) is 5.41 Å². The quantitative estimate of drug-likeness (QED) is 0.810. The molecule has 1 atom stereocenters. The van der Waals surface area contributed by atoms with Gasteiger partial charge in [0.05, 0.1) is 0 Å². The Morgan fingerprint density at radius 3 is 2.76 bits per heavy atom. The predicted octanol–water partition coefficient (Wildman–Crippen LogP) is 2.89. The normalized spacial score (nSPS) is 32.8. The zero-order valence-corrected chi connectivity index (χ0v) is 11.8. The summed E-state index contributed by atoms with van der Waals surface area (Å²) < 4.78 is 0. The van der Waals surface area contributed by atoms with E-state index in [4.69, 9.17) is 0 Å². The van der Waals surface area contributed by atoms with E-state index in [1.807, 2.05) is 0 Å². The molecule has 2 saturated heterocycles. The van der Waals surface area contributed by atoms with Crippen molar-refractivity contribution in [2.75, 3.05) is 32.7 Å². The molecule has 17 heavy (non-hydrogen) atoms. The van der Waals surface area contributed by atoms with E-state index in [0.717, 1.165) is 5.92 Å². The van der Waals surface area contributed by atoms with Crippen LogP contribution in [0.1, 0.15) is 52.4 Å². The van der Waals surface area contributed by atoms with Crippen molar-refractivity contribution in [2.45, 2.75) is 52.4 Å². The molecule has 2 heteroatoms. The van der Waals surface area contributed by atoms with Crippen LogP contribution in [0, 0.1) is 11.3 Å². The fraction of sp³-hybridized carbons (Fsp3) is 1.00. The monoisotopic (exact) mass is 238 g/mol. The van der Waals surface area contributed by atoms with Crippen molar-refractivity contribution >= 4 is 0 Å². The molecule has 1 unspecified atom stereocenters. The van der Waals surface area contributed by atoms with Crippen molar-refractivity contribution in [3.8, 4) is 0 Å². The van der Waals surface area contributed by atoms with Gasteiger partial charge in [-0.3, -0.25) is 0 Å². The highest BCUT2D eigenvalue weighted by molar-refractivity contribution is 4.84. The Bertz CT molecular complexity index is 219. The summed E-state index contributed by atoms with van der Waals surface area (Å²) in [5, 5.41) is 3.47. The van der Waals surface area contributed by atoms with Crippen LogP contribution in [0.2, 0.25) is 0 Å². The maximum atomic E-state index is 3.47. The molecule has 0 aliphatic carbocycles. The molecule has 0 spiro atoms. The number of likely N-dealkylation sites (tertiary alicyclic amines) is 1. The van der Waals surface area contributed by atoms with Crippen molar-refractivity contribution in [3.05, 3.63) is 0 Å². The van der Waals surface area contributed by atoms with Gasteiger partial charge in [0.15, 0.2) is 0 Å². The molecule has 100 valence electrons. The largest absolute Gasteiger partial charge is 0.317 e. The summed E-state index contributed by atoms with van der Waals surface area (Å²) in [4.78, 5) is 2.76. The minimum absolute atomic E-state index is 0.611. The third kappa shape index (κ3) is 3.96. The van der Waals surface area contributed by atoms with E-state index in [-0.39, 0.29) is 0 Å². The standard InChI is InChI=1S/C15H30N2/c1-3-7-15(2)8-4-11-17(13-15)12-14-5-9-16-10-6-14/h14,16H,3-13H2,1-2H3. The summed E-state index contributed by atoms with van der Waals surface area (Å²) in [6.07, 6.45) is 8.40. The first-order valence-corrected chi connectivity index (χ1v) is 7.65. The van der Waals surface area contributed by atoms with Crippen LogP contribution >= 0.6 is 0 Å². The van der Waals surface area contributed by atoms with Crippen molar-refractivity contribution in [3.63, 3.8) is 0 Å². The molecule has 0 aromatic heterocycles. The van der Waals surface area contributed by atoms with Gasteiger partial charge in [-0.05, 0) is 63.1 Å². The molecule has 1 N–H and O–H groups in total. The number of hydrogen-bond donors (Lipinski definition) is 1. The lowest BCUT2D eigenvalue weighted by molar-refractivity contribution is 0.0765. The summed E-state index contributed by atoms with van der Waals surface area (Å²) >= 11 is 0. The summed E-state index contributed by atoms with van der Waals surface area (Å²) in [6.45, 7) is 11.4. The lowest BCUT2D eigenvalue weighted by Gasteiger charge is -2.42. The van der Waals surface area contributed by atoms with Gasteiger partial charge < -0.3 is 10.2 Å². The molecule has 0 aromatic rings. The molecule has 2 aliphatic rings. The minimum Gasteiger partial charge on any atom is -0.317 e. The van der Waals surface area contributed by atoms with Crippen LogP contribution < -0.4 is 5.32 Å². The van der Waals surface area contributed by atoms with Crippen LogP contribution in [0.15, 0.2) is 0 Å². The number of piperidine rings is 2. The molecule has 2 aliphatic heterocycles. The van der Waals surface area contributed by atoms with E-state index >= 15 is 0 Å². The van der Waals surface area contributed by atoms with Crippen molar-refractivity contribution in [1.29, 1.82) is 0 Å². The first-order chi connectivity index (χ1) is 8.22. The highest BCUT2D eigenvalue weighted by atomic mass is 15.1. The first-order valence-electron chi connectivity index (χ1n) is 7.65. The third-order valence-corrected chi connectivity index (χ3v) is 4.69. The number of nitrogens with zero attached hydrogens (tertiary/aromatic N) is 1. The maximum Gasteiger partial charge on any atom is 0.00354 e. The van der Waals surface area contributed by atoms with Gasteiger partial charge in [0.2, 0.25) is 0 Å². The Balaban J connectivity index is 1.80. The summed E-state index contributed by atoms with van der Waals surface area (Å²) in [7, 11) is 0. The second kappa shape index (κ2) is 6.19. The molecule has 0 amide bonds. The highest BCUT2D eigenvalue weighted by Crippen LogP contribution is 2.34. The SMILES string of the molecule is CCCC1(C)CCCN(CC2CCNCC2)C1. The Morgan fingerprint density at radius 1 is 1.29 bits per heavy atom. The van der Waals surface area contributed by atoms with Crippen molar-refractivity contribution in [2.24, 2.45) is 11.3 Å². The van der Waals surface area contributed by atoms with Gasteiger partial charge in [-0.2, -0.15) is 0 Å². The number of nitrogens with one attached hydrogen (secondary N) is 1. The molecule has 0 aromatic carbocycles. The molecule has 0 saturated carbocycles. The van der Waals surface area contributed by atoms with Crippen LogP contribution in [0.3, 0.4) is 0 Å². The fourth-order valence-corrected chi connectivity index (χ4v) is 3.82. The molecule has 0 radical (unpaired) electrons. The van der Waals surface area contributed by atoms with Crippen molar-refractivity contribution in [1.82, 2.24) is 10.2 Å². The summed E-state index contributed by atoms with van der Waals surface area (Å²) in [5.41, 5.74) is 0.611. The number of hydrogen-bond acceptors (Lipinski definition) is 2. The average molecular weight is 238 g/mol. The van der Waals surface area contributed by atoms with Gasteiger partial charge in [0.1, 0.15) is 0 Å². The zero-order valence-electron chi connectivity index (χ0n) is 11.8. The van der Waals surface area contributed by atoms with E-state index in [1.165, 1.54) is 71.2 Å². The Hall–Kier alpha value is -0.0800. The van der Waals surface area contributed by atoms with E-state index in [1.54, 1.807) is 0 Å². The second-order valence-corrected chi connectivity index (χ2v) is 6.59. The van der Waals surface area contributed by atoms with Crippen LogP contribution in [-0.4, -0.2) is 37.6 Å². The lowest BCUT2D eigenvalue weighted by Crippen LogP contribution is -2.45. The van der Waals surface area contributed by atoms with Gasteiger partial charge >= 0.3 is 0 Å². The van der Waals surface area contributed by atoms with Gasteiger partial charge in [-0.15, -0.1) is 0 Å². The summed E-state index contributed by atoms with van der Waals surface area (Å²) in [6, 6.07) is 0. The molecule has 2 fully saturated rings. The average Bonchev–Trinajstić information content (AvgIpc) is 2.30. The smallest absolute Gasteiger partial charge is 0.00354 e. The van der Waals surface area contributed by atoms with Crippen LogP contribution in [0.5, 0.6) is 0 Å². The first kappa shape index (κ1) is 13.4. The second-order valence-electron chi connectivity index (χ2n) is 6.59. The topological polar surface area (TPSA) is 15.3 Å². The minimum atomic E-state index is 0.611. The van der Waals surface area contributed by atoms with E-state index < -0.39 is 0 Å². The fourth-order valence-electron chi connectivity index (χ4n) is 3.82. The van der Waals surface area contributed by atoms with Gasteiger partial charge in [-0.25, -0.2) is 0 Å². The van der Waals surface area contributed by atoms with Crippen molar-refractivity contribution < 1.29 is 0 Å².